The predicted molar refractivity (Wildman–Crippen MR) is 91.8 cm³/mol. The molecule has 0 saturated carbocycles. The van der Waals surface area contributed by atoms with Gasteiger partial charge in [-0.2, -0.15) is 0 Å². The summed E-state index contributed by atoms with van der Waals surface area (Å²) in [5.41, 5.74) is 0.703. The number of nitrogens with one attached hydrogen (secondary N) is 1. The summed E-state index contributed by atoms with van der Waals surface area (Å²) in [7, 11) is 0. The van der Waals surface area contributed by atoms with E-state index in [0.717, 1.165) is 11.8 Å². The molecule has 6 nitrogen and oxygen atoms in total. The van der Waals surface area contributed by atoms with E-state index in [1.165, 1.54) is 12.3 Å². The van der Waals surface area contributed by atoms with Crippen LogP contribution in [0.3, 0.4) is 0 Å². The van der Waals surface area contributed by atoms with E-state index in [4.69, 9.17) is 0 Å². The number of hydrogen-bond donors (Lipinski definition) is 1. The molecule has 7 heteroatoms. The van der Waals surface area contributed by atoms with Crippen molar-refractivity contribution >= 4 is 11.8 Å². The summed E-state index contributed by atoms with van der Waals surface area (Å²) < 4.78 is 13.9. The number of piperidine rings is 1. The van der Waals surface area contributed by atoms with E-state index in [0.29, 0.717) is 32.4 Å². The van der Waals surface area contributed by atoms with Crippen molar-refractivity contribution in [2.24, 2.45) is 0 Å². The van der Waals surface area contributed by atoms with E-state index in [2.05, 4.69) is 15.3 Å². The summed E-state index contributed by atoms with van der Waals surface area (Å²) in [4.78, 5) is 34.2. The molecule has 134 valence electrons. The molecule has 2 aromatic rings. The molecule has 0 unspecified atom stereocenters. The van der Waals surface area contributed by atoms with Gasteiger partial charge < -0.3 is 10.2 Å². The smallest absolute Gasteiger partial charge is 0.256 e. The number of pyridine rings is 2. The first kappa shape index (κ1) is 16.6. The summed E-state index contributed by atoms with van der Waals surface area (Å²) in [5, 5.41) is 3.14. The Kier molecular flexibility index (Phi) is 4.14. The van der Waals surface area contributed by atoms with Gasteiger partial charge in [0.25, 0.3) is 5.91 Å². The first-order valence-electron chi connectivity index (χ1n) is 8.69. The van der Waals surface area contributed by atoms with Crippen LogP contribution in [-0.2, 0) is 4.79 Å². The molecule has 2 amide bonds. The lowest BCUT2D eigenvalue weighted by Gasteiger charge is -2.42. The Hall–Kier alpha value is -2.83. The van der Waals surface area contributed by atoms with Gasteiger partial charge in [-0.3, -0.25) is 19.6 Å². The second kappa shape index (κ2) is 6.48. The van der Waals surface area contributed by atoms with Gasteiger partial charge in [0.05, 0.1) is 17.3 Å². The SMILES string of the molecule is O=C1C[C@H](c2cccnc2)C2(CCN(C(=O)c3ccncc3F)CC2)N1. The van der Waals surface area contributed by atoms with Crippen molar-refractivity contribution in [3.8, 4) is 0 Å². The third-order valence-corrected chi connectivity index (χ3v) is 5.48. The molecule has 0 bridgehead atoms. The van der Waals surface area contributed by atoms with E-state index in [1.54, 1.807) is 17.3 Å². The molecule has 1 atom stereocenters. The lowest BCUT2D eigenvalue weighted by atomic mass is 9.74. The van der Waals surface area contributed by atoms with Crippen molar-refractivity contribution in [3.05, 3.63) is 59.9 Å². The molecular weight excluding hydrogens is 335 g/mol. The first-order chi connectivity index (χ1) is 12.6. The zero-order valence-corrected chi connectivity index (χ0v) is 14.2. The van der Waals surface area contributed by atoms with E-state index in [9.17, 15) is 14.0 Å². The lowest BCUT2D eigenvalue weighted by Crippen LogP contribution is -2.54. The van der Waals surface area contributed by atoms with Crippen LogP contribution in [0.4, 0.5) is 4.39 Å². The fourth-order valence-electron chi connectivity index (χ4n) is 4.12. The summed E-state index contributed by atoms with van der Waals surface area (Å²) in [6, 6.07) is 5.26. The summed E-state index contributed by atoms with van der Waals surface area (Å²) >= 11 is 0. The number of amides is 2. The van der Waals surface area contributed by atoms with Crippen LogP contribution in [-0.4, -0.2) is 45.3 Å². The summed E-state index contributed by atoms with van der Waals surface area (Å²) in [5.74, 6) is -0.875. The van der Waals surface area contributed by atoms with E-state index in [-0.39, 0.29) is 28.8 Å². The number of hydrogen-bond acceptors (Lipinski definition) is 4. The second-order valence-corrected chi connectivity index (χ2v) is 6.90. The maximum Gasteiger partial charge on any atom is 0.256 e. The van der Waals surface area contributed by atoms with E-state index < -0.39 is 5.82 Å². The number of nitrogens with zero attached hydrogens (tertiary/aromatic N) is 3. The van der Waals surface area contributed by atoms with Crippen molar-refractivity contribution in [2.75, 3.05) is 13.1 Å². The number of carbonyl (C=O) groups excluding carboxylic acids is 2. The van der Waals surface area contributed by atoms with Crippen LogP contribution in [0.5, 0.6) is 0 Å². The highest BCUT2D eigenvalue weighted by Gasteiger charge is 2.49. The van der Waals surface area contributed by atoms with Crippen LogP contribution in [0.25, 0.3) is 0 Å². The molecule has 0 aromatic carbocycles. The van der Waals surface area contributed by atoms with Gasteiger partial charge in [0, 0.05) is 44.0 Å². The zero-order chi connectivity index (χ0) is 18.1. The van der Waals surface area contributed by atoms with Crippen molar-refractivity contribution in [3.63, 3.8) is 0 Å². The number of rotatable bonds is 2. The molecule has 2 aliphatic heterocycles. The standard InChI is InChI=1S/C19H19FN4O2/c20-16-12-22-7-3-14(16)18(26)24-8-4-19(5-9-24)15(10-17(25)23-19)13-2-1-6-21-11-13/h1-3,6-7,11-12,15H,4-5,8-10H2,(H,23,25)/t15-/m1/s1. The van der Waals surface area contributed by atoms with Gasteiger partial charge in [0.15, 0.2) is 5.82 Å². The molecular formula is C19H19FN4O2. The Labute approximate surface area is 150 Å². The Bertz CT molecular complexity index is 834. The van der Waals surface area contributed by atoms with Gasteiger partial charge >= 0.3 is 0 Å². The minimum absolute atomic E-state index is 0.0267. The lowest BCUT2D eigenvalue weighted by molar-refractivity contribution is -0.120. The quantitative estimate of drug-likeness (QED) is 0.894. The van der Waals surface area contributed by atoms with Gasteiger partial charge in [0.2, 0.25) is 5.91 Å². The highest BCUT2D eigenvalue weighted by Crippen LogP contribution is 2.43. The summed E-state index contributed by atoms with van der Waals surface area (Å²) in [6.45, 7) is 0.940. The topological polar surface area (TPSA) is 75.2 Å². The van der Waals surface area contributed by atoms with E-state index >= 15 is 0 Å². The second-order valence-electron chi connectivity index (χ2n) is 6.90. The van der Waals surface area contributed by atoms with Crippen LogP contribution < -0.4 is 5.32 Å². The van der Waals surface area contributed by atoms with Crippen LogP contribution in [0.2, 0.25) is 0 Å². The van der Waals surface area contributed by atoms with Gasteiger partial charge in [-0.1, -0.05) is 6.07 Å². The molecule has 2 fully saturated rings. The maximum atomic E-state index is 13.9. The molecule has 26 heavy (non-hydrogen) atoms. The highest BCUT2D eigenvalue weighted by atomic mass is 19.1. The molecule has 0 radical (unpaired) electrons. The Morgan fingerprint density at radius 1 is 1.19 bits per heavy atom. The van der Waals surface area contributed by atoms with Crippen LogP contribution in [0, 0.1) is 5.82 Å². The molecule has 4 heterocycles. The number of likely N-dealkylation sites (tertiary alicyclic amines) is 1. The molecule has 2 saturated heterocycles. The third kappa shape index (κ3) is 2.83. The largest absolute Gasteiger partial charge is 0.350 e. The predicted octanol–water partition coefficient (Wildman–Crippen LogP) is 1.89. The average Bonchev–Trinajstić information content (AvgIpc) is 2.98. The Morgan fingerprint density at radius 2 is 1.96 bits per heavy atom. The Balaban J connectivity index is 1.52. The normalized spacial score (nSPS) is 21.7. The molecule has 4 rings (SSSR count). The van der Waals surface area contributed by atoms with Gasteiger partial charge in [-0.15, -0.1) is 0 Å². The minimum atomic E-state index is -0.611. The van der Waals surface area contributed by atoms with Crippen LogP contribution >= 0.6 is 0 Å². The van der Waals surface area contributed by atoms with Crippen molar-refractivity contribution in [1.29, 1.82) is 0 Å². The number of halogens is 1. The summed E-state index contributed by atoms with van der Waals surface area (Å²) in [6.07, 6.45) is 7.68. The maximum absolute atomic E-state index is 13.9. The molecule has 1 N–H and O–H groups in total. The Morgan fingerprint density at radius 3 is 2.65 bits per heavy atom. The number of aromatic nitrogens is 2. The fourth-order valence-corrected chi connectivity index (χ4v) is 4.12. The van der Waals surface area contributed by atoms with Crippen molar-refractivity contribution < 1.29 is 14.0 Å². The van der Waals surface area contributed by atoms with Gasteiger partial charge in [-0.25, -0.2) is 4.39 Å². The molecule has 2 aliphatic rings. The van der Waals surface area contributed by atoms with Crippen molar-refractivity contribution in [2.45, 2.75) is 30.7 Å². The monoisotopic (exact) mass is 354 g/mol. The minimum Gasteiger partial charge on any atom is -0.350 e. The van der Waals surface area contributed by atoms with Gasteiger partial charge in [-0.05, 0) is 30.5 Å². The zero-order valence-electron chi connectivity index (χ0n) is 14.2. The van der Waals surface area contributed by atoms with Crippen molar-refractivity contribution in [1.82, 2.24) is 20.2 Å². The first-order valence-corrected chi connectivity index (χ1v) is 8.69. The highest BCUT2D eigenvalue weighted by molar-refractivity contribution is 5.94. The van der Waals surface area contributed by atoms with Gasteiger partial charge in [0.1, 0.15) is 0 Å². The molecule has 0 aliphatic carbocycles. The average molecular weight is 354 g/mol. The van der Waals surface area contributed by atoms with E-state index in [1.807, 2.05) is 12.1 Å². The molecule has 1 spiro atoms. The molecule has 2 aromatic heterocycles. The third-order valence-electron chi connectivity index (χ3n) is 5.48. The number of carbonyl (C=O) groups is 2. The fraction of sp³-hybridized carbons (Fsp3) is 0.368. The van der Waals surface area contributed by atoms with Crippen LogP contribution in [0.1, 0.15) is 41.1 Å². The van der Waals surface area contributed by atoms with Crippen LogP contribution in [0.15, 0.2) is 43.0 Å².